The maximum Gasteiger partial charge on any atom is 0.407 e. The molecule has 0 aliphatic carbocycles. The van der Waals surface area contributed by atoms with E-state index in [4.69, 9.17) is 14.3 Å². The Labute approximate surface area is 229 Å². The minimum Gasteiger partial charge on any atom is -0.453 e. The van der Waals surface area contributed by atoms with Crippen LogP contribution in [0.15, 0.2) is 71.5 Å². The molecule has 13 heteroatoms. The second-order valence-corrected chi connectivity index (χ2v) is 11.0. The molecule has 0 aliphatic rings. The number of ether oxygens (including phenoxy) is 1. The molecule has 0 aliphatic heterocycles. The van der Waals surface area contributed by atoms with E-state index in [-0.39, 0.29) is 12.1 Å². The second-order valence-electron chi connectivity index (χ2n) is 8.05. The predicted molar refractivity (Wildman–Crippen MR) is 150 cm³/mol. The van der Waals surface area contributed by atoms with Crippen LogP contribution in [-0.2, 0) is 26.3 Å². The fraction of sp³-hybridized carbons (Fsp3) is 0.240. The van der Waals surface area contributed by atoms with Crippen LogP contribution in [0.2, 0.25) is 0 Å². The molecule has 2 heterocycles. The van der Waals surface area contributed by atoms with Crippen molar-refractivity contribution in [3.8, 4) is 9.88 Å². The summed E-state index contributed by atoms with van der Waals surface area (Å²) in [6.07, 6.45) is 3.22. The third kappa shape index (κ3) is 8.52. The van der Waals surface area contributed by atoms with Gasteiger partial charge in [0.05, 0.1) is 29.4 Å². The van der Waals surface area contributed by atoms with Crippen molar-refractivity contribution in [1.82, 2.24) is 15.6 Å². The van der Waals surface area contributed by atoms with Crippen LogP contribution in [-0.4, -0.2) is 43.1 Å². The SMILES string of the molecule is C=C/C(=C\C)C[C@@H](NC(=O)OC)C(=O)N[C@H](Cc1ccc(NS(=O)(=O)O)cc1)c1csc(-c2cccs2)n1. The first-order chi connectivity index (χ1) is 18.1. The average Bonchev–Trinajstić information content (AvgIpc) is 3.58. The highest BCUT2D eigenvalue weighted by atomic mass is 32.2. The van der Waals surface area contributed by atoms with Gasteiger partial charge in [-0.1, -0.05) is 42.5 Å². The number of nitrogens with zero attached hydrogens (tertiary/aromatic N) is 1. The lowest BCUT2D eigenvalue weighted by Crippen LogP contribution is -2.48. The van der Waals surface area contributed by atoms with Crippen molar-refractivity contribution in [2.75, 3.05) is 11.8 Å². The Hall–Kier alpha value is -3.52. The fourth-order valence-corrected chi connectivity index (χ4v) is 5.64. The molecular weight excluding hydrogens is 548 g/mol. The molecule has 2 atom stereocenters. The van der Waals surface area contributed by atoms with Gasteiger partial charge in [0.2, 0.25) is 5.91 Å². The van der Waals surface area contributed by atoms with Gasteiger partial charge >= 0.3 is 16.4 Å². The number of thiophene rings is 1. The van der Waals surface area contributed by atoms with Crippen LogP contribution in [0.4, 0.5) is 10.5 Å². The van der Waals surface area contributed by atoms with E-state index in [1.807, 2.05) is 34.5 Å². The number of methoxy groups -OCH3 is 1. The minimum atomic E-state index is -4.40. The Balaban J connectivity index is 1.88. The summed E-state index contributed by atoms with van der Waals surface area (Å²) in [7, 11) is -3.18. The molecule has 0 bridgehead atoms. The lowest BCUT2D eigenvalue weighted by atomic mass is 10.0. The summed E-state index contributed by atoms with van der Waals surface area (Å²) in [6.45, 7) is 5.57. The van der Waals surface area contributed by atoms with Crippen molar-refractivity contribution < 1.29 is 27.3 Å². The number of rotatable bonds is 12. The van der Waals surface area contributed by atoms with E-state index in [0.29, 0.717) is 12.1 Å². The zero-order chi connectivity index (χ0) is 27.7. The van der Waals surface area contributed by atoms with Gasteiger partial charge in [0.1, 0.15) is 11.0 Å². The van der Waals surface area contributed by atoms with Crippen molar-refractivity contribution in [1.29, 1.82) is 0 Å². The van der Waals surface area contributed by atoms with E-state index in [9.17, 15) is 18.0 Å². The molecular formula is C25H28N4O6S3. The van der Waals surface area contributed by atoms with Crippen LogP contribution in [0.5, 0.6) is 0 Å². The molecule has 10 nitrogen and oxygen atoms in total. The molecule has 0 unspecified atom stereocenters. The number of carbonyl (C=O) groups excluding carboxylic acids is 2. The first-order valence-electron chi connectivity index (χ1n) is 11.4. The summed E-state index contributed by atoms with van der Waals surface area (Å²) in [5, 5.41) is 10.2. The Bertz CT molecular complexity index is 1380. The Kier molecular flexibility index (Phi) is 10.2. The van der Waals surface area contributed by atoms with E-state index < -0.39 is 34.4 Å². The number of nitrogens with one attached hydrogen (secondary N) is 3. The molecule has 1 aromatic carbocycles. The van der Waals surface area contributed by atoms with Gasteiger partial charge in [-0.3, -0.25) is 14.1 Å². The van der Waals surface area contributed by atoms with E-state index >= 15 is 0 Å². The van der Waals surface area contributed by atoms with Crippen molar-refractivity contribution >= 4 is 50.7 Å². The quantitative estimate of drug-likeness (QED) is 0.180. The predicted octanol–water partition coefficient (Wildman–Crippen LogP) is 4.73. The third-order valence-electron chi connectivity index (χ3n) is 5.43. The van der Waals surface area contributed by atoms with Crippen molar-refractivity contribution in [2.24, 2.45) is 0 Å². The number of aromatic nitrogens is 1. The van der Waals surface area contributed by atoms with Gasteiger partial charge in [0.15, 0.2) is 0 Å². The van der Waals surface area contributed by atoms with Gasteiger partial charge < -0.3 is 15.4 Å². The van der Waals surface area contributed by atoms with Gasteiger partial charge in [-0.25, -0.2) is 9.78 Å². The van der Waals surface area contributed by atoms with Crippen molar-refractivity contribution in [2.45, 2.75) is 31.8 Å². The number of hydrogen-bond acceptors (Lipinski definition) is 8. The lowest BCUT2D eigenvalue weighted by molar-refractivity contribution is -0.123. The molecule has 0 saturated heterocycles. The van der Waals surface area contributed by atoms with Crippen LogP contribution in [0.1, 0.15) is 30.6 Å². The Morgan fingerprint density at radius 1 is 1.18 bits per heavy atom. The molecule has 0 saturated carbocycles. The van der Waals surface area contributed by atoms with Crippen LogP contribution in [0, 0.1) is 0 Å². The zero-order valence-corrected chi connectivity index (χ0v) is 23.2. The topological polar surface area (TPSA) is 147 Å². The number of benzene rings is 1. The van der Waals surface area contributed by atoms with Gasteiger partial charge in [-0.2, -0.15) is 8.42 Å². The lowest BCUT2D eigenvalue weighted by Gasteiger charge is -2.23. The van der Waals surface area contributed by atoms with E-state index in [2.05, 4.69) is 17.2 Å². The van der Waals surface area contributed by atoms with Gasteiger partial charge in [0.25, 0.3) is 0 Å². The average molecular weight is 577 g/mol. The van der Waals surface area contributed by atoms with Gasteiger partial charge in [-0.15, -0.1) is 22.7 Å². The number of allylic oxidation sites excluding steroid dienone is 2. The Morgan fingerprint density at radius 2 is 1.92 bits per heavy atom. The summed E-state index contributed by atoms with van der Waals surface area (Å²) in [4.78, 5) is 31.1. The standard InChI is InChI=1S/C25H28N4O6S3/c1-4-16(5-2)13-20(28-25(31)35-3)23(30)26-19(21-15-37-24(27-21)22-7-6-12-36-22)14-17-8-10-18(11-9-17)29-38(32,33)34/h4-12,15,19-20,29H,1,13-14H2,2-3H3,(H,26,30)(H,28,31)(H,32,33,34)/b16-5+/t19-,20-/m1/s1. The summed E-state index contributed by atoms with van der Waals surface area (Å²) in [6, 6.07) is 8.78. The maximum absolute atomic E-state index is 13.4. The summed E-state index contributed by atoms with van der Waals surface area (Å²) >= 11 is 3.01. The van der Waals surface area contributed by atoms with Gasteiger partial charge in [-0.05, 0) is 42.5 Å². The molecule has 4 N–H and O–H groups in total. The molecule has 0 fully saturated rings. The second kappa shape index (κ2) is 13.3. The van der Waals surface area contributed by atoms with Crippen LogP contribution in [0.3, 0.4) is 0 Å². The molecule has 0 radical (unpaired) electrons. The fourth-order valence-electron chi connectivity index (χ4n) is 3.52. The Morgan fingerprint density at radius 3 is 2.50 bits per heavy atom. The van der Waals surface area contributed by atoms with E-state index in [1.54, 1.807) is 35.6 Å². The molecule has 202 valence electrons. The minimum absolute atomic E-state index is 0.191. The number of anilines is 1. The number of hydrogen-bond donors (Lipinski definition) is 4. The molecule has 3 rings (SSSR count). The van der Waals surface area contributed by atoms with Crippen molar-refractivity contribution in [3.05, 3.63) is 82.7 Å². The number of amides is 2. The largest absolute Gasteiger partial charge is 0.453 e. The first kappa shape index (κ1) is 29.0. The summed E-state index contributed by atoms with van der Waals surface area (Å²) in [5.74, 6) is -0.433. The van der Waals surface area contributed by atoms with E-state index in [1.165, 1.54) is 30.6 Å². The van der Waals surface area contributed by atoms with Crippen LogP contribution < -0.4 is 15.4 Å². The van der Waals surface area contributed by atoms with Crippen LogP contribution in [0.25, 0.3) is 9.88 Å². The molecule has 2 aromatic heterocycles. The van der Waals surface area contributed by atoms with Crippen molar-refractivity contribution in [3.63, 3.8) is 0 Å². The highest BCUT2D eigenvalue weighted by Gasteiger charge is 2.26. The molecule has 3 aromatic rings. The first-order valence-corrected chi connectivity index (χ1v) is 14.6. The molecule has 2 amide bonds. The number of carbonyl (C=O) groups is 2. The van der Waals surface area contributed by atoms with Gasteiger partial charge in [0, 0.05) is 11.8 Å². The zero-order valence-electron chi connectivity index (χ0n) is 20.7. The highest BCUT2D eigenvalue weighted by molar-refractivity contribution is 7.87. The monoisotopic (exact) mass is 576 g/mol. The van der Waals surface area contributed by atoms with E-state index in [0.717, 1.165) is 21.0 Å². The normalized spacial score (nSPS) is 13.3. The highest BCUT2D eigenvalue weighted by Crippen LogP contribution is 2.31. The summed E-state index contributed by atoms with van der Waals surface area (Å²) in [5.41, 5.74) is 2.38. The molecule has 38 heavy (non-hydrogen) atoms. The number of alkyl carbamates (subject to hydrolysis) is 1. The molecule has 0 spiro atoms. The maximum atomic E-state index is 13.4. The smallest absolute Gasteiger partial charge is 0.407 e. The third-order valence-corrected chi connectivity index (χ3v) is 7.83. The van der Waals surface area contributed by atoms with Crippen LogP contribution >= 0.6 is 22.7 Å². The summed E-state index contributed by atoms with van der Waals surface area (Å²) < 4.78 is 37.9. The number of thiazole rings is 1.